The summed E-state index contributed by atoms with van der Waals surface area (Å²) in [5.41, 5.74) is 0.801. The van der Waals surface area contributed by atoms with Gasteiger partial charge in [-0.1, -0.05) is 24.3 Å². The fourth-order valence-electron chi connectivity index (χ4n) is 3.87. The second-order valence-corrected chi connectivity index (χ2v) is 11.1. The minimum Gasteiger partial charge on any atom is -0.388 e. The number of ether oxygens (including phenoxy) is 1. The second kappa shape index (κ2) is 10.5. The van der Waals surface area contributed by atoms with E-state index in [0.717, 1.165) is 12.6 Å². The summed E-state index contributed by atoms with van der Waals surface area (Å²) in [5.74, 6) is -0.684. The molecule has 0 saturated carbocycles. The summed E-state index contributed by atoms with van der Waals surface area (Å²) in [4.78, 5) is 31.6. The number of benzene rings is 2. The van der Waals surface area contributed by atoms with Crippen LogP contribution in [0.5, 0.6) is 0 Å². The molecule has 1 aliphatic heterocycles. The molecule has 35 heavy (non-hydrogen) atoms. The number of aliphatic hydroxyl groups is 2. The highest BCUT2D eigenvalue weighted by Gasteiger charge is 2.47. The molecule has 1 fully saturated rings. The van der Waals surface area contributed by atoms with E-state index >= 15 is 0 Å². The van der Waals surface area contributed by atoms with Crippen molar-refractivity contribution in [3.8, 4) is 0 Å². The van der Waals surface area contributed by atoms with Crippen LogP contribution in [-0.4, -0.2) is 85.6 Å². The van der Waals surface area contributed by atoms with Crippen LogP contribution in [0, 0.1) is 0 Å². The average molecular weight is 533 g/mol. The molecule has 1 saturated heterocycles. The summed E-state index contributed by atoms with van der Waals surface area (Å²) in [6, 6.07) is 8.45. The zero-order valence-corrected chi connectivity index (χ0v) is 20.8. The minimum atomic E-state index is -5.14. The maximum Gasteiger partial charge on any atom is 0.472 e. The lowest BCUT2D eigenvalue weighted by atomic mass is 9.97. The van der Waals surface area contributed by atoms with Crippen LogP contribution in [0.3, 0.4) is 0 Å². The van der Waals surface area contributed by atoms with Crippen LogP contribution in [0.1, 0.15) is 6.92 Å². The van der Waals surface area contributed by atoms with Gasteiger partial charge in [-0.3, -0.25) is 9.32 Å². The lowest BCUT2D eigenvalue weighted by molar-refractivity contribution is -0.239. The molecule has 2 aromatic carbocycles. The minimum absolute atomic E-state index is 0.0383. The third-order valence-electron chi connectivity index (χ3n) is 5.42. The zero-order chi connectivity index (χ0) is 26.1. The van der Waals surface area contributed by atoms with Gasteiger partial charge in [0.15, 0.2) is 6.29 Å². The molecule has 0 bridgehead atoms. The number of phosphoric acid groups is 1. The summed E-state index contributed by atoms with van der Waals surface area (Å²) in [7, 11) is -5.65. The summed E-state index contributed by atoms with van der Waals surface area (Å²) >= 11 is 0. The number of nitrogens with one attached hydrogen (secondary N) is 2. The van der Waals surface area contributed by atoms with Gasteiger partial charge in [0.25, 0.3) is 0 Å². The molecule has 1 heterocycles. The quantitative estimate of drug-likeness (QED) is 0.234. The molecule has 3 rings (SSSR count). The van der Waals surface area contributed by atoms with Crippen LogP contribution < -0.4 is 14.9 Å². The first kappa shape index (κ1) is 27.5. The van der Waals surface area contributed by atoms with Crippen LogP contribution in [0.25, 0.3) is 10.8 Å². The Morgan fingerprint density at radius 1 is 1.11 bits per heavy atom. The van der Waals surface area contributed by atoms with Gasteiger partial charge in [-0.25, -0.2) is 17.7 Å². The van der Waals surface area contributed by atoms with Crippen molar-refractivity contribution in [2.24, 2.45) is 0 Å². The van der Waals surface area contributed by atoms with Crippen molar-refractivity contribution in [2.75, 3.05) is 25.5 Å². The van der Waals surface area contributed by atoms with Crippen molar-refractivity contribution in [3.63, 3.8) is 0 Å². The van der Waals surface area contributed by atoms with Crippen LogP contribution in [-0.2, 0) is 28.6 Å². The Bertz CT molecular complexity index is 1230. The third kappa shape index (κ3) is 6.36. The molecule has 5 atom stereocenters. The molecule has 0 unspecified atom stereocenters. The number of sulfonamides is 1. The van der Waals surface area contributed by atoms with Crippen molar-refractivity contribution in [3.05, 3.63) is 36.4 Å². The molecular formula is C20H28N3O10PS. The van der Waals surface area contributed by atoms with E-state index in [-0.39, 0.29) is 4.90 Å². The van der Waals surface area contributed by atoms with Crippen LogP contribution in [0.2, 0.25) is 0 Å². The third-order valence-corrected chi connectivity index (χ3v) is 7.38. The number of hydrogen-bond acceptors (Lipinski definition) is 9. The van der Waals surface area contributed by atoms with E-state index < -0.39 is 60.9 Å². The molecule has 2 aromatic rings. The highest BCUT2D eigenvalue weighted by Crippen LogP contribution is 2.40. The molecule has 6 N–H and O–H groups in total. The lowest BCUT2D eigenvalue weighted by Gasteiger charge is -2.42. The van der Waals surface area contributed by atoms with Gasteiger partial charge in [-0.2, -0.15) is 0 Å². The van der Waals surface area contributed by atoms with E-state index in [4.69, 9.17) is 14.5 Å². The number of nitrogens with zero attached hydrogens (tertiary/aromatic N) is 1. The Labute approximate surface area is 201 Å². The topological polar surface area (TPSA) is 195 Å². The fourth-order valence-corrected chi connectivity index (χ4v) is 5.59. The highest BCUT2D eigenvalue weighted by atomic mass is 32.2. The van der Waals surface area contributed by atoms with Crippen molar-refractivity contribution in [1.29, 1.82) is 0 Å². The smallest absolute Gasteiger partial charge is 0.388 e. The van der Waals surface area contributed by atoms with Crippen LogP contribution >= 0.6 is 7.82 Å². The van der Waals surface area contributed by atoms with Gasteiger partial charge in [0.2, 0.25) is 15.9 Å². The molecule has 194 valence electrons. The number of amides is 1. The molecule has 0 aliphatic carbocycles. The maximum atomic E-state index is 13.1. The molecule has 1 aliphatic rings. The number of anilines is 1. The Kier molecular flexibility index (Phi) is 8.21. The SMILES string of the molecule is CC(=O)N[C@H]1[C@@H](OP(=O)(O)O)O[C@H](CNS(=O)(=O)c2cccc3c(N(C)C)cccc23)[C@@H](O)[C@@H]1O. The molecule has 0 aromatic heterocycles. The van der Waals surface area contributed by atoms with E-state index in [2.05, 4.69) is 14.6 Å². The Morgan fingerprint density at radius 3 is 2.34 bits per heavy atom. The second-order valence-electron chi connectivity index (χ2n) is 8.22. The largest absolute Gasteiger partial charge is 0.472 e. The van der Waals surface area contributed by atoms with E-state index in [9.17, 15) is 28.0 Å². The fraction of sp³-hybridized carbons (Fsp3) is 0.450. The van der Waals surface area contributed by atoms with Gasteiger partial charge < -0.3 is 35.0 Å². The number of rotatable bonds is 8. The summed E-state index contributed by atoms with van der Waals surface area (Å²) in [5, 5.41) is 24.2. The number of hydrogen-bond donors (Lipinski definition) is 6. The molecule has 0 spiro atoms. The molecule has 0 radical (unpaired) electrons. The molecule has 15 heteroatoms. The van der Waals surface area contributed by atoms with Crippen LogP contribution in [0.4, 0.5) is 5.69 Å². The zero-order valence-electron chi connectivity index (χ0n) is 19.1. The van der Waals surface area contributed by atoms with Crippen molar-refractivity contribution in [1.82, 2.24) is 10.0 Å². The average Bonchev–Trinajstić information content (AvgIpc) is 2.75. The normalized spacial score (nSPS) is 25.4. The van der Waals surface area contributed by atoms with E-state index in [0.29, 0.717) is 10.8 Å². The summed E-state index contributed by atoms with van der Waals surface area (Å²) in [6.07, 6.45) is -6.83. The van der Waals surface area contributed by atoms with Gasteiger partial charge >= 0.3 is 7.82 Å². The van der Waals surface area contributed by atoms with E-state index in [1.165, 1.54) is 6.07 Å². The van der Waals surface area contributed by atoms with Gasteiger partial charge in [-0.05, 0) is 12.1 Å². The number of fused-ring (bicyclic) bond motifs is 1. The monoisotopic (exact) mass is 533 g/mol. The van der Waals surface area contributed by atoms with Crippen LogP contribution in [0.15, 0.2) is 41.3 Å². The first-order chi connectivity index (χ1) is 16.2. The molecular weight excluding hydrogens is 505 g/mol. The van der Waals surface area contributed by atoms with E-state index in [1.807, 2.05) is 25.1 Å². The number of carbonyl (C=O) groups is 1. The van der Waals surface area contributed by atoms with Crippen molar-refractivity contribution in [2.45, 2.75) is 42.5 Å². The maximum absolute atomic E-state index is 13.1. The Hall–Kier alpha value is -2.13. The van der Waals surface area contributed by atoms with Gasteiger partial charge in [0, 0.05) is 44.0 Å². The van der Waals surface area contributed by atoms with Gasteiger partial charge in [0.05, 0.1) is 4.90 Å². The van der Waals surface area contributed by atoms with E-state index in [1.54, 1.807) is 24.3 Å². The van der Waals surface area contributed by atoms with Crippen molar-refractivity contribution >= 4 is 40.2 Å². The molecule has 1 amide bonds. The predicted octanol–water partition coefficient (Wildman–Crippen LogP) is -0.755. The van der Waals surface area contributed by atoms with Crippen molar-refractivity contribution < 1.29 is 47.0 Å². The number of carbonyl (C=O) groups excluding carboxylic acids is 1. The Morgan fingerprint density at radius 2 is 1.74 bits per heavy atom. The number of aliphatic hydroxyl groups excluding tert-OH is 2. The highest BCUT2D eigenvalue weighted by molar-refractivity contribution is 7.89. The standard InChI is InChI=1S/C20H28N3O10PS/c1-11(24)22-17-19(26)18(25)15(32-20(17)33-34(27,28)29)10-21-35(30,31)16-9-5-6-12-13(16)7-4-8-14(12)23(2)3/h4-9,15,17-21,25-26H,10H2,1-3H3,(H,22,24)(H2,27,28,29)/t15-,17-,18-,19-,20-/m1/s1. The summed E-state index contributed by atoms with van der Waals surface area (Å²) in [6.45, 7) is 0.512. The number of phosphoric ester groups is 1. The Balaban J connectivity index is 1.86. The van der Waals surface area contributed by atoms with Gasteiger partial charge in [0.1, 0.15) is 24.4 Å². The predicted molar refractivity (Wildman–Crippen MR) is 125 cm³/mol. The lowest BCUT2D eigenvalue weighted by Crippen LogP contribution is -2.65. The first-order valence-corrected chi connectivity index (χ1v) is 13.4. The summed E-state index contributed by atoms with van der Waals surface area (Å²) < 4.78 is 49.8. The molecule has 13 nitrogen and oxygen atoms in total. The van der Waals surface area contributed by atoms with Gasteiger partial charge in [-0.15, -0.1) is 0 Å². The first-order valence-electron chi connectivity index (χ1n) is 10.4.